The van der Waals surface area contributed by atoms with Crippen LogP contribution in [0.5, 0.6) is 0 Å². The van der Waals surface area contributed by atoms with E-state index in [9.17, 15) is 13.8 Å². The normalized spacial score (nSPS) is 20.6. The molecular formula is C14H18N2O3S. The minimum Gasteiger partial charge on any atom is -0.354 e. The third-order valence-corrected chi connectivity index (χ3v) is 4.23. The molecule has 6 heteroatoms. The van der Waals surface area contributed by atoms with Crippen molar-refractivity contribution in [3.8, 4) is 0 Å². The van der Waals surface area contributed by atoms with Crippen molar-refractivity contribution >= 4 is 22.6 Å². The summed E-state index contributed by atoms with van der Waals surface area (Å²) in [5, 5.41) is 5.53. The molecule has 0 radical (unpaired) electrons. The van der Waals surface area contributed by atoms with Gasteiger partial charge in [0, 0.05) is 34.1 Å². The van der Waals surface area contributed by atoms with Crippen molar-refractivity contribution in [2.24, 2.45) is 0 Å². The summed E-state index contributed by atoms with van der Waals surface area (Å²) in [7, 11) is -1.06. The van der Waals surface area contributed by atoms with E-state index in [4.69, 9.17) is 0 Å². The second kappa shape index (κ2) is 6.65. The van der Waals surface area contributed by atoms with Gasteiger partial charge in [0.15, 0.2) is 0 Å². The van der Waals surface area contributed by atoms with Crippen LogP contribution < -0.4 is 10.6 Å². The molecule has 1 fully saturated rings. The lowest BCUT2D eigenvalue weighted by molar-refractivity contribution is -0.122. The topological polar surface area (TPSA) is 75.3 Å². The van der Waals surface area contributed by atoms with E-state index in [2.05, 4.69) is 10.6 Å². The average Bonchev–Trinajstić information content (AvgIpc) is 2.64. The Hall–Kier alpha value is -1.69. The van der Waals surface area contributed by atoms with Gasteiger partial charge in [-0.25, -0.2) is 0 Å². The second-order valence-electron chi connectivity index (χ2n) is 4.79. The molecular weight excluding hydrogens is 276 g/mol. The van der Waals surface area contributed by atoms with Gasteiger partial charge in [0.05, 0.1) is 0 Å². The fourth-order valence-electron chi connectivity index (χ4n) is 2.12. The van der Waals surface area contributed by atoms with E-state index in [-0.39, 0.29) is 11.8 Å². The predicted octanol–water partition coefficient (Wildman–Crippen LogP) is 0.822. The number of carbonyl (C=O) groups is 2. The van der Waals surface area contributed by atoms with Gasteiger partial charge in [0.1, 0.15) is 6.04 Å². The molecule has 20 heavy (non-hydrogen) atoms. The van der Waals surface area contributed by atoms with Gasteiger partial charge in [-0.1, -0.05) is 0 Å². The van der Waals surface area contributed by atoms with Crippen molar-refractivity contribution in [2.75, 3.05) is 12.8 Å². The summed E-state index contributed by atoms with van der Waals surface area (Å²) in [5.41, 5.74) is 0.469. The second-order valence-corrected chi connectivity index (χ2v) is 6.17. The monoisotopic (exact) mass is 294 g/mol. The van der Waals surface area contributed by atoms with Crippen molar-refractivity contribution in [1.82, 2.24) is 10.6 Å². The van der Waals surface area contributed by atoms with E-state index in [0.29, 0.717) is 23.4 Å². The highest BCUT2D eigenvalue weighted by Crippen LogP contribution is 2.10. The molecule has 1 heterocycles. The zero-order valence-corrected chi connectivity index (χ0v) is 12.2. The third-order valence-electron chi connectivity index (χ3n) is 3.29. The van der Waals surface area contributed by atoms with Gasteiger partial charge in [-0.05, 0) is 43.5 Å². The first-order valence-corrected chi connectivity index (χ1v) is 8.16. The molecule has 2 N–H and O–H groups in total. The number of carbonyl (C=O) groups excluding carboxylic acids is 2. The molecule has 0 aliphatic carbocycles. The maximum atomic E-state index is 12.1. The Morgan fingerprint density at radius 2 is 2.00 bits per heavy atom. The first-order valence-electron chi connectivity index (χ1n) is 6.60. The lowest BCUT2D eigenvalue weighted by atomic mass is 10.1. The lowest BCUT2D eigenvalue weighted by Crippen LogP contribution is -2.45. The zero-order valence-electron chi connectivity index (χ0n) is 11.3. The third kappa shape index (κ3) is 3.66. The van der Waals surface area contributed by atoms with E-state index in [1.807, 2.05) is 0 Å². The molecule has 0 bridgehead atoms. The van der Waals surface area contributed by atoms with Crippen LogP contribution >= 0.6 is 0 Å². The summed E-state index contributed by atoms with van der Waals surface area (Å²) >= 11 is 0. The van der Waals surface area contributed by atoms with Gasteiger partial charge in [-0.3, -0.25) is 13.8 Å². The zero-order chi connectivity index (χ0) is 14.5. The van der Waals surface area contributed by atoms with Gasteiger partial charge >= 0.3 is 0 Å². The van der Waals surface area contributed by atoms with Crippen LogP contribution in [0.2, 0.25) is 0 Å². The molecule has 1 aromatic carbocycles. The Kier molecular flexibility index (Phi) is 4.89. The SMILES string of the molecule is C[S@](=O)c1ccc(C(=O)N[C@@H]2CCCCNC2=O)cc1. The molecule has 108 valence electrons. The van der Waals surface area contributed by atoms with Crippen molar-refractivity contribution in [1.29, 1.82) is 0 Å². The quantitative estimate of drug-likeness (QED) is 0.867. The highest BCUT2D eigenvalue weighted by atomic mass is 32.2. The maximum Gasteiger partial charge on any atom is 0.251 e. The molecule has 1 aromatic rings. The molecule has 1 aliphatic heterocycles. The molecule has 5 nitrogen and oxygen atoms in total. The standard InChI is InChI=1S/C14H18N2O3S/c1-20(19)11-7-5-10(6-8-11)13(17)16-12-4-2-3-9-15-14(12)18/h5-8,12H,2-4,9H2,1H3,(H,15,18)(H,16,17)/t12-,20+/m1/s1. The maximum absolute atomic E-state index is 12.1. The highest BCUT2D eigenvalue weighted by Gasteiger charge is 2.22. The van der Waals surface area contributed by atoms with Gasteiger partial charge in [-0.2, -0.15) is 0 Å². The van der Waals surface area contributed by atoms with E-state index < -0.39 is 16.8 Å². The summed E-state index contributed by atoms with van der Waals surface area (Å²) in [6.07, 6.45) is 4.10. The minimum absolute atomic E-state index is 0.123. The molecule has 2 amide bonds. The lowest BCUT2D eigenvalue weighted by Gasteiger charge is -2.15. The molecule has 0 saturated carbocycles. The van der Waals surface area contributed by atoms with Crippen molar-refractivity contribution in [3.05, 3.63) is 29.8 Å². The van der Waals surface area contributed by atoms with Crippen LogP contribution in [0.25, 0.3) is 0 Å². The smallest absolute Gasteiger partial charge is 0.251 e. The number of benzene rings is 1. The van der Waals surface area contributed by atoms with Crippen LogP contribution in [0.4, 0.5) is 0 Å². The Morgan fingerprint density at radius 1 is 1.30 bits per heavy atom. The van der Waals surface area contributed by atoms with Crippen molar-refractivity contribution in [3.63, 3.8) is 0 Å². The van der Waals surface area contributed by atoms with Crippen molar-refractivity contribution < 1.29 is 13.8 Å². The molecule has 0 aromatic heterocycles. The van der Waals surface area contributed by atoms with Crippen LogP contribution in [0.3, 0.4) is 0 Å². The minimum atomic E-state index is -1.06. The summed E-state index contributed by atoms with van der Waals surface area (Å²) in [6, 6.07) is 6.11. The summed E-state index contributed by atoms with van der Waals surface area (Å²) in [5.74, 6) is -0.400. The molecule has 1 aliphatic rings. The number of amides is 2. The molecule has 0 unspecified atom stereocenters. The van der Waals surface area contributed by atoms with E-state index >= 15 is 0 Å². The number of nitrogens with one attached hydrogen (secondary N) is 2. The fourth-order valence-corrected chi connectivity index (χ4v) is 2.64. The van der Waals surface area contributed by atoms with Crippen LogP contribution in [0, 0.1) is 0 Å². The van der Waals surface area contributed by atoms with Crippen LogP contribution in [-0.2, 0) is 15.6 Å². The molecule has 0 spiro atoms. The number of hydrogen-bond donors (Lipinski definition) is 2. The van der Waals surface area contributed by atoms with E-state index in [1.54, 1.807) is 30.5 Å². The van der Waals surface area contributed by atoms with Gasteiger partial charge in [0.2, 0.25) is 5.91 Å². The fraction of sp³-hybridized carbons (Fsp3) is 0.429. The highest BCUT2D eigenvalue weighted by molar-refractivity contribution is 7.84. The Morgan fingerprint density at radius 3 is 2.65 bits per heavy atom. The molecule has 2 atom stereocenters. The van der Waals surface area contributed by atoms with Gasteiger partial charge in [-0.15, -0.1) is 0 Å². The molecule has 2 rings (SSSR count). The first kappa shape index (κ1) is 14.7. The summed E-state index contributed by atoms with van der Waals surface area (Å²) < 4.78 is 11.3. The Labute approximate surface area is 120 Å². The van der Waals surface area contributed by atoms with Gasteiger partial charge < -0.3 is 10.6 Å². The van der Waals surface area contributed by atoms with Crippen LogP contribution in [0.1, 0.15) is 29.6 Å². The van der Waals surface area contributed by atoms with E-state index in [1.165, 1.54) is 0 Å². The average molecular weight is 294 g/mol. The Balaban J connectivity index is 2.03. The predicted molar refractivity (Wildman–Crippen MR) is 76.9 cm³/mol. The van der Waals surface area contributed by atoms with Crippen LogP contribution in [-0.4, -0.2) is 34.9 Å². The number of rotatable bonds is 3. The number of hydrogen-bond acceptors (Lipinski definition) is 3. The van der Waals surface area contributed by atoms with Crippen LogP contribution in [0.15, 0.2) is 29.2 Å². The Bertz CT molecular complexity index is 528. The largest absolute Gasteiger partial charge is 0.354 e. The van der Waals surface area contributed by atoms with E-state index in [0.717, 1.165) is 12.8 Å². The summed E-state index contributed by atoms with van der Waals surface area (Å²) in [6.45, 7) is 0.669. The molecule has 1 saturated heterocycles. The summed E-state index contributed by atoms with van der Waals surface area (Å²) in [4.78, 5) is 24.5. The first-order chi connectivity index (χ1) is 9.58. The van der Waals surface area contributed by atoms with Gasteiger partial charge in [0.25, 0.3) is 5.91 Å². The van der Waals surface area contributed by atoms with Crippen molar-refractivity contribution in [2.45, 2.75) is 30.2 Å².